The number of rotatable bonds is 14. The van der Waals surface area contributed by atoms with Crippen molar-refractivity contribution in [3.05, 3.63) is 144 Å². The molecule has 0 aliphatic carbocycles. The lowest BCUT2D eigenvalue weighted by molar-refractivity contribution is 0.101. The van der Waals surface area contributed by atoms with Gasteiger partial charge in [-0.3, -0.25) is 30.2 Å². The zero-order valence-electron chi connectivity index (χ0n) is 25.0. The normalized spacial score (nSPS) is 10.5. The number of nitrogens with one attached hydrogen (secondary N) is 4. The molecule has 0 aliphatic heterocycles. The summed E-state index contributed by atoms with van der Waals surface area (Å²) >= 11 is 0. The van der Waals surface area contributed by atoms with Crippen LogP contribution >= 0.6 is 0 Å². The van der Waals surface area contributed by atoms with Crippen LogP contribution in [0.2, 0.25) is 0 Å². The number of hydrogen-bond donors (Lipinski definition) is 4. The van der Waals surface area contributed by atoms with Crippen LogP contribution < -0.4 is 26.3 Å². The Morgan fingerprint density at radius 1 is 0.578 bits per heavy atom. The lowest BCUT2D eigenvalue weighted by atomic mass is 10.1. The molecule has 45 heavy (non-hydrogen) atoms. The van der Waals surface area contributed by atoms with Crippen molar-refractivity contribution >= 4 is 34.4 Å². The molecule has 0 heterocycles. The van der Waals surface area contributed by atoms with Gasteiger partial charge < -0.3 is 15.4 Å². The molecule has 0 spiro atoms. The van der Waals surface area contributed by atoms with Gasteiger partial charge in [0.1, 0.15) is 11.5 Å². The van der Waals surface area contributed by atoms with Crippen molar-refractivity contribution < 1.29 is 24.0 Å². The highest BCUT2D eigenvalue weighted by molar-refractivity contribution is 6.04. The Morgan fingerprint density at radius 2 is 1.13 bits per heavy atom. The highest BCUT2D eigenvalue weighted by Crippen LogP contribution is 2.26. The van der Waals surface area contributed by atoms with E-state index in [9.17, 15) is 9.59 Å². The largest absolute Gasteiger partial charge is 0.457 e. The molecule has 4 N–H and O–H groups in total. The number of anilines is 4. The number of carbonyl (C=O) groups is 2. The van der Waals surface area contributed by atoms with Crippen molar-refractivity contribution in [3.63, 3.8) is 0 Å². The lowest BCUT2D eigenvalue weighted by Crippen LogP contribution is -2.11. The molecule has 0 saturated carbocycles. The first kappa shape index (κ1) is 30.8. The zero-order chi connectivity index (χ0) is 31.4. The van der Waals surface area contributed by atoms with E-state index in [1.807, 2.05) is 79.8 Å². The fourth-order valence-electron chi connectivity index (χ4n) is 4.27. The van der Waals surface area contributed by atoms with E-state index in [-0.39, 0.29) is 11.7 Å². The smallest absolute Gasteiger partial charge is 0.255 e. The maximum atomic E-state index is 12.8. The minimum Gasteiger partial charge on any atom is -0.457 e. The summed E-state index contributed by atoms with van der Waals surface area (Å²) < 4.78 is 5.99. The highest BCUT2D eigenvalue weighted by atomic mass is 16.6. The van der Waals surface area contributed by atoms with Crippen molar-refractivity contribution in [2.75, 3.05) is 28.6 Å². The van der Waals surface area contributed by atoms with E-state index in [4.69, 9.17) is 14.4 Å². The fourth-order valence-corrected chi connectivity index (χ4v) is 4.27. The van der Waals surface area contributed by atoms with Gasteiger partial charge in [0.25, 0.3) is 5.91 Å². The molecule has 0 aliphatic rings. The third-order valence-corrected chi connectivity index (χ3v) is 6.79. The van der Waals surface area contributed by atoms with Gasteiger partial charge in [-0.05, 0) is 90.8 Å². The number of hydrogen-bond acceptors (Lipinski definition) is 8. The predicted molar refractivity (Wildman–Crippen MR) is 177 cm³/mol. The first-order chi connectivity index (χ1) is 21.9. The van der Waals surface area contributed by atoms with Crippen LogP contribution in [-0.4, -0.2) is 18.7 Å². The van der Waals surface area contributed by atoms with E-state index < -0.39 is 0 Å². The van der Waals surface area contributed by atoms with E-state index in [1.165, 1.54) is 0 Å². The molecule has 5 aromatic rings. The van der Waals surface area contributed by atoms with Crippen LogP contribution in [0.5, 0.6) is 11.5 Å². The number of benzene rings is 5. The summed E-state index contributed by atoms with van der Waals surface area (Å²) in [5, 5.41) is 5.98. The van der Waals surface area contributed by atoms with Crippen molar-refractivity contribution in [3.8, 4) is 11.5 Å². The molecule has 0 unspecified atom stereocenters. The SMILES string of the molecule is CNc1ccc(NOCc2ccc(C(=O)Nc3ccc(Oc4cccc(NOCc5ccc(C(C)=O)cc5)c4)cc3)cc2)cc1. The highest BCUT2D eigenvalue weighted by Gasteiger charge is 2.08. The Bertz CT molecular complexity index is 1710. The summed E-state index contributed by atoms with van der Waals surface area (Å²) in [6.45, 7) is 2.22. The molecule has 1 amide bonds. The van der Waals surface area contributed by atoms with Crippen molar-refractivity contribution in [2.24, 2.45) is 0 Å². The quantitative estimate of drug-likeness (QED) is 0.0746. The second-order valence-corrected chi connectivity index (χ2v) is 10.2. The molecule has 0 fully saturated rings. The standard InChI is InChI=1S/C36H34N4O5/c1-25(41)28-10-6-26(7-11-28)24-44-40-33-4-3-5-35(22-33)45-34-20-18-31(19-21-34)38-36(42)29-12-8-27(9-13-29)23-43-39-32-16-14-30(37-2)15-17-32/h3-22,37,39-40H,23-24H2,1-2H3,(H,38,42). The lowest BCUT2D eigenvalue weighted by Gasteiger charge is -2.11. The molecule has 9 nitrogen and oxygen atoms in total. The summed E-state index contributed by atoms with van der Waals surface area (Å²) in [5.74, 6) is 1.05. The Kier molecular flexibility index (Phi) is 10.4. The van der Waals surface area contributed by atoms with E-state index in [1.54, 1.807) is 55.5 Å². The summed E-state index contributed by atoms with van der Waals surface area (Å²) in [6.07, 6.45) is 0. The predicted octanol–water partition coefficient (Wildman–Crippen LogP) is 8.06. The Labute approximate surface area is 262 Å². The third-order valence-electron chi connectivity index (χ3n) is 6.79. The average Bonchev–Trinajstić information content (AvgIpc) is 3.07. The first-order valence-electron chi connectivity index (χ1n) is 14.4. The summed E-state index contributed by atoms with van der Waals surface area (Å²) in [7, 11) is 1.87. The van der Waals surface area contributed by atoms with E-state index in [0.717, 1.165) is 28.2 Å². The number of Topliss-reactive ketones (excluding diaryl/α,β-unsaturated/α-hetero) is 1. The van der Waals surface area contributed by atoms with Gasteiger partial charge in [0.15, 0.2) is 5.78 Å². The van der Waals surface area contributed by atoms with E-state index >= 15 is 0 Å². The van der Waals surface area contributed by atoms with Gasteiger partial charge in [0.05, 0.1) is 24.6 Å². The van der Waals surface area contributed by atoms with Gasteiger partial charge in [-0.1, -0.05) is 42.5 Å². The summed E-state index contributed by atoms with van der Waals surface area (Å²) in [4.78, 5) is 35.4. The number of carbonyl (C=O) groups excluding carboxylic acids is 2. The van der Waals surface area contributed by atoms with E-state index in [0.29, 0.717) is 41.5 Å². The molecule has 5 rings (SSSR count). The van der Waals surface area contributed by atoms with Crippen LogP contribution in [0.15, 0.2) is 121 Å². The van der Waals surface area contributed by atoms with Crippen LogP contribution in [0.4, 0.5) is 22.7 Å². The average molecular weight is 603 g/mol. The van der Waals surface area contributed by atoms with E-state index in [2.05, 4.69) is 21.6 Å². The van der Waals surface area contributed by atoms with Crippen molar-refractivity contribution in [1.29, 1.82) is 0 Å². The van der Waals surface area contributed by atoms with Crippen molar-refractivity contribution in [2.45, 2.75) is 20.1 Å². The minimum absolute atomic E-state index is 0.0295. The zero-order valence-corrected chi connectivity index (χ0v) is 25.0. The van der Waals surface area contributed by atoms with Gasteiger partial charge in [0.2, 0.25) is 0 Å². The molecule has 0 atom stereocenters. The van der Waals surface area contributed by atoms with Gasteiger partial charge in [0, 0.05) is 35.6 Å². The second kappa shape index (κ2) is 15.2. The fraction of sp³-hybridized carbons (Fsp3) is 0.111. The van der Waals surface area contributed by atoms with Gasteiger partial charge in [-0.15, -0.1) is 0 Å². The molecule has 0 bridgehead atoms. The van der Waals surface area contributed by atoms with Gasteiger partial charge in [-0.2, -0.15) is 0 Å². The monoisotopic (exact) mass is 602 g/mol. The molecule has 0 aromatic heterocycles. The molecular weight excluding hydrogens is 568 g/mol. The molecule has 5 aromatic carbocycles. The molecule has 0 radical (unpaired) electrons. The van der Waals surface area contributed by atoms with Crippen LogP contribution in [-0.2, 0) is 22.9 Å². The van der Waals surface area contributed by atoms with Crippen LogP contribution in [0.1, 0.15) is 38.8 Å². The Balaban J connectivity index is 1.06. The van der Waals surface area contributed by atoms with Crippen molar-refractivity contribution in [1.82, 2.24) is 0 Å². The minimum atomic E-state index is -0.215. The van der Waals surface area contributed by atoms with Crippen LogP contribution in [0.3, 0.4) is 0 Å². The Hall–Kier alpha value is -5.64. The van der Waals surface area contributed by atoms with Crippen LogP contribution in [0, 0.1) is 0 Å². The van der Waals surface area contributed by atoms with Gasteiger partial charge >= 0.3 is 0 Å². The number of ether oxygens (including phenoxy) is 1. The summed E-state index contributed by atoms with van der Waals surface area (Å²) in [6, 6.07) is 36.8. The molecular formula is C36H34N4O5. The number of amides is 1. The van der Waals surface area contributed by atoms with Gasteiger partial charge in [-0.25, -0.2) is 0 Å². The topological polar surface area (TPSA) is 110 Å². The Morgan fingerprint density at radius 3 is 1.73 bits per heavy atom. The molecule has 0 saturated heterocycles. The summed E-state index contributed by atoms with van der Waals surface area (Å²) in [5.41, 5.74) is 12.2. The first-order valence-corrected chi connectivity index (χ1v) is 14.4. The maximum Gasteiger partial charge on any atom is 0.255 e. The molecule has 9 heteroatoms. The maximum absolute atomic E-state index is 12.8. The molecule has 228 valence electrons. The number of ketones is 1. The second-order valence-electron chi connectivity index (χ2n) is 10.2. The van der Waals surface area contributed by atoms with Crippen LogP contribution in [0.25, 0.3) is 0 Å². The third kappa shape index (κ3) is 9.17.